The minimum absolute atomic E-state index is 0.313. The Balaban J connectivity index is 1.78. The summed E-state index contributed by atoms with van der Waals surface area (Å²) in [6, 6.07) is 13.5. The van der Waals surface area contributed by atoms with Crippen LogP contribution in [-0.2, 0) is 4.74 Å². The van der Waals surface area contributed by atoms with E-state index in [9.17, 15) is 4.39 Å². The molecule has 4 rings (SSSR count). The molecular formula is C24H25FN4O3S. The molecule has 0 saturated carbocycles. The maximum Gasteiger partial charge on any atom is 0.258 e. The van der Waals surface area contributed by atoms with Gasteiger partial charge in [-0.25, -0.2) is 4.39 Å². The van der Waals surface area contributed by atoms with Crippen molar-refractivity contribution in [3.05, 3.63) is 71.5 Å². The van der Waals surface area contributed by atoms with Crippen molar-refractivity contribution in [3.8, 4) is 17.1 Å². The molecule has 9 heteroatoms. The molecule has 2 heterocycles. The van der Waals surface area contributed by atoms with Gasteiger partial charge in [0, 0.05) is 31.5 Å². The van der Waals surface area contributed by atoms with Gasteiger partial charge in [0.05, 0.1) is 18.7 Å². The average Bonchev–Trinajstić information content (AvgIpc) is 3.30. The lowest BCUT2D eigenvalue weighted by atomic mass is 9.94. The molecule has 1 aliphatic rings. The molecule has 0 aliphatic carbocycles. The summed E-state index contributed by atoms with van der Waals surface area (Å²) in [4.78, 5) is 6.61. The minimum Gasteiger partial charge on any atom is -0.497 e. The number of hydrogen-bond donors (Lipinski definition) is 1. The molecule has 33 heavy (non-hydrogen) atoms. The summed E-state index contributed by atoms with van der Waals surface area (Å²) >= 11 is 5.69. The van der Waals surface area contributed by atoms with E-state index in [-0.39, 0.29) is 11.9 Å². The standard InChI is InChI=1S/C24H25FN4O3S/c1-15-20(23-27-22(28-32-23)17-8-4-9-18(25)13-17)21(16-7-5-10-19(14-16)31-3)26-24(33)29(15)11-6-12-30-2/h4-5,7-10,13-14,21H,6,11-12H2,1-3H3,(H,26,33). The summed E-state index contributed by atoms with van der Waals surface area (Å²) in [5.41, 5.74) is 3.17. The lowest BCUT2D eigenvalue weighted by Gasteiger charge is -2.37. The number of thiocarbonyl (C=S) groups is 1. The lowest BCUT2D eigenvalue weighted by Crippen LogP contribution is -2.46. The molecule has 0 saturated heterocycles. The zero-order chi connectivity index (χ0) is 23.4. The first-order valence-corrected chi connectivity index (χ1v) is 10.9. The summed E-state index contributed by atoms with van der Waals surface area (Å²) in [6.07, 6.45) is 0.797. The van der Waals surface area contributed by atoms with E-state index in [0.29, 0.717) is 35.5 Å². The number of methoxy groups -OCH3 is 2. The van der Waals surface area contributed by atoms with Gasteiger partial charge in [-0.3, -0.25) is 0 Å². The van der Waals surface area contributed by atoms with Gasteiger partial charge < -0.3 is 24.2 Å². The molecular weight excluding hydrogens is 443 g/mol. The Labute approximate surface area is 197 Å². The summed E-state index contributed by atoms with van der Waals surface area (Å²) in [7, 11) is 3.30. The van der Waals surface area contributed by atoms with Crippen molar-refractivity contribution in [2.24, 2.45) is 0 Å². The molecule has 1 atom stereocenters. The highest BCUT2D eigenvalue weighted by molar-refractivity contribution is 7.80. The van der Waals surface area contributed by atoms with Gasteiger partial charge in [-0.1, -0.05) is 29.4 Å². The second-order valence-corrected chi connectivity index (χ2v) is 7.98. The Kier molecular flexibility index (Phi) is 7.00. The van der Waals surface area contributed by atoms with E-state index in [1.54, 1.807) is 26.4 Å². The third-order valence-electron chi connectivity index (χ3n) is 5.49. The molecule has 1 N–H and O–H groups in total. The van der Waals surface area contributed by atoms with Crippen LogP contribution in [0.1, 0.15) is 30.8 Å². The van der Waals surface area contributed by atoms with Gasteiger partial charge in [-0.2, -0.15) is 4.98 Å². The van der Waals surface area contributed by atoms with E-state index in [4.69, 9.17) is 26.2 Å². The number of allylic oxidation sites excluding steroid dienone is 1. The summed E-state index contributed by atoms with van der Waals surface area (Å²) in [6.45, 7) is 3.27. The molecule has 0 bridgehead atoms. The van der Waals surface area contributed by atoms with E-state index in [2.05, 4.69) is 15.5 Å². The fraction of sp³-hybridized carbons (Fsp3) is 0.292. The topological polar surface area (TPSA) is 72.7 Å². The lowest BCUT2D eigenvalue weighted by molar-refractivity contribution is 0.188. The number of benzene rings is 2. The molecule has 2 aromatic carbocycles. The van der Waals surface area contributed by atoms with Crippen molar-refractivity contribution >= 4 is 22.9 Å². The second-order valence-electron chi connectivity index (χ2n) is 7.59. The van der Waals surface area contributed by atoms with Gasteiger partial charge in [-0.05, 0) is 55.4 Å². The molecule has 3 aromatic rings. The van der Waals surface area contributed by atoms with Crippen molar-refractivity contribution in [2.45, 2.75) is 19.4 Å². The van der Waals surface area contributed by atoms with Gasteiger partial charge >= 0.3 is 0 Å². The summed E-state index contributed by atoms with van der Waals surface area (Å²) in [5, 5.41) is 8.12. The van der Waals surface area contributed by atoms with Crippen LogP contribution in [0.3, 0.4) is 0 Å². The Morgan fingerprint density at radius 3 is 2.76 bits per heavy atom. The van der Waals surface area contributed by atoms with Gasteiger partial charge in [0.1, 0.15) is 11.6 Å². The van der Waals surface area contributed by atoms with Crippen LogP contribution in [0.4, 0.5) is 4.39 Å². The van der Waals surface area contributed by atoms with E-state index in [1.807, 2.05) is 36.1 Å². The number of rotatable bonds is 8. The monoisotopic (exact) mass is 468 g/mol. The molecule has 1 aromatic heterocycles. The zero-order valence-corrected chi connectivity index (χ0v) is 19.5. The van der Waals surface area contributed by atoms with E-state index in [1.165, 1.54) is 12.1 Å². The van der Waals surface area contributed by atoms with E-state index < -0.39 is 0 Å². The Bertz CT molecular complexity index is 1180. The van der Waals surface area contributed by atoms with Crippen LogP contribution in [0.2, 0.25) is 0 Å². The van der Waals surface area contributed by atoms with Crippen LogP contribution in [0, 0.1) is 5.82 Å². The van der Waals surface area contributed by atoms with Crippen molar-refractivity contribution in [1.82, 2.24) is 20.4 Å². The largest absolute Gasteiger partial charge is 0.497 e. The molecule has 1 unspecified atom stereocenters. The van der Waals surface area contributed by atoms with Gasteiger partial charge in [0.15, 0.2) is 5.11 Å². The second kappa shape index (κ2) is 10.1. The molecule has 0 radical (unpaired) electrons. The number of hydrogen-bond acceptors (Lipinski definition) is 6. The third kappa shape index (κ3) is 4.89. The first kappa shape index (κ1) is 22.9. The smallest absolute Gasteiger partial charge is 0.258 e. The van der Waals surface area contributed by atoms with E-state index >= 15 is 0 Å². The molecule has 172 valence electrons. The maximum absolute atomic E-state index is 13.7. The fourth-order valence-corrected chi connectivity index (χ4v) is 4.19. The van der Waals surface area contributed by atoms with Gasteiger partial charge in [0.25, 0.3) is 5.89 Å². The van der Waals surface area contributed by atoms with E-state index in [0.717, 1.165) is 29.0 Å². The van der Waals surface area contributed by atoms with Crippen LogP contribution in [0.15, 0.2) is 58.8 Å². The van der Waals surface area contributed by atoms with Crippen molar-refractivity contribution < 1.29 is 18.4 Å². The van der Waals surface area contributed by atoms with Gasteiger partial charge in [-0.15, -0.1) is 0 Å². The minimum atomic E-state index is -0.363. The molecule has 1 aliphatic heterocycles. The number of nitrogens with one attached hydrogen (secondary N) is 1. The fourth-order valence-electron chi connectivity index (χ4n) is 3.84. The Hall–Kier alpha value is -3.30. The first-order valence-electron chi connectivity index (χ1n) is 10.5. The van der Waals surface area contributed by atoms with Crippen LogP contribution >= 0.6 is 12.2 Å². The quantitative estimate of drug-likeness (QED) is 0.380. The molecule has 0 amide bonds. The SMILES string of the molecule is COCCCN1C(=S)NC(c2cccc(OC)c2)C(c2nc(-c3cccc(F)c3)no2)=C1C. The number of halogens is 1. The normalized spacial score (nSPS) is 16.2. The van der Waals surface area contributed by atoms with Gasteiger partial charge in [0.2, 0.25) is 5.82 Å². The summed E-state index contributed by atoms with van der Waals surface area (Å²) in [5.74, 6) is 1.02. The van der Waals surface area contributed by atoms with Crippen LogP contribution in [0.25, 0.3) is 17.0 Å². The first-order chi connectivity index (χ1) is 16.0. The molecule has 0 fully saturated rings. The van der Waals surface area contributed by atoms with Crippen molar-refractivity contribution in [1.29, 1.82) is 0 Å². The Morgan fingerprint density at radius 1 is 1.18 bits per heavy atom. The average molecular weight is 469 g/mol. The maximum atomic E-state index is 13.7. The Morgan fingerprint density at radius 2 is 2.00 bits per heavy atom. The number of aromatic nitrogens is 2. The van der Waals surface area contributed by atoms with Crippen LogP contribution in [0.5, 0.6) is 5.75 Å². The van der Waals surface area contributed by atoms with Crippen LogP contribution < -0.4 is 10.1 Å². The number of ether oxygens (including phenoxy) is 2. The molecule has 7 nitrogen and oxygen atoms in total. The summed E-state index contributed by atoms with van der Waals surface area (Å²) < 4.78 is 30.0. The highest BCUT2D eigenvalue weighted by Crippen LogP contribution is 2.38. The highest BCUT2D eigenvalue weighted by Gasteiger charge is 2.34. The van der Waals surface area contributed by atoms with Crippen LogP contribution in [-0.4, -0.2) is 47.5 Å². The highest BCUT2D eigenvalue weighted by atomic mass is 32.1. The van der Waals surface area contributed by atoms with Crippen molar-refractivity contribution in [2.75, 3.05) is 27.4 Å². The number of nitrogens with zero attached hydrogens (tertiary/aromatic N) is 3. The predicted molar refractivity (Wildman–Crippen MR) is 127 cm³/mol. The third-order valence-corrected chi connectivity index (χ3v) is 5.83. The molecule has 0 spiro atoms. The predicted octanol–water partition coefficient (Wildman–Crippen LogP) is 4.58. The zero-order valence-electron chi connectivity index (χ0n) is 18.7. The van der Waals surface area contributed by atoms with Crippen molar-refractivity contribution in [3.63, 3.8) is 0 Å².